The van der Waals surface area contributed by atoms with Gasteiger partial charge in [0.1, 0.15) is 0 Å². The fraction of sp³-hybridized carbons (Fsp3) is 1.00. The number of hydrogen-bond donors (Lipinski definition) is 1. The van der Waals surface area contributed by atoms with Gasteiger partial charge in [-0.25, -0.2) is 8.42 Å². The molecule has 0 aliphatic rings. The monoisotopic (exact) mass is 442 g/mol. The summed E-state index contributed by atoms with van der Waals surface area (Å²) >= 11 is 0. The van der Waals surface area contributed by atoms with Crippen molar-refractivity contribution >= 4 is 10.1 Å². The van der Waals surface area contributed by atoms with E-state index in [0.29, 0.717) is 19.3 Å². The molecule has 6 heteroatoms. The van der Waals surface area contributed by atoms with Crippen LogP contribution in [0.25, 0.3) is 0 Å². The third-order valence-electron chi connectivity index (χ3n) is 5.75. The zero-order chi connectivity index (χ0) is 21.1. The molecular weight excluding hydrogens is 395 g/mol. The molecule has 0 amide bonds. The fourth-order valence-electron chi connectivity index (χ4n) is 3.80. The van der Waals surface area contributed by atoms with Crippen molar-refractivity contribution in [2.45, 2.75) is 147 Å². The van der Waals surface area contributed by atoms with Crippen molar-refractivity contribution in [2.24, 2.45) is 0 Å². The Kier molecular flexibility index (Phi) is 24.4. The van der Waals surface area contributed by atoms with Crippen LogP contribution in [0.3, 0.4) is 0 Å². The van der Waals surface area contributed by atoms with Crippen LogP contribution in [0.4, 0.5) is 0 Å². The average molecular weight is 443 g/mol. The van der Waals surface area contributed by atoms with Gasteiger partial charge in [-0.05, 0) is 25.7 Å². The Morgan fingerprint density at radius 1 is 0.621 bits per heavy atom. The van der Waals surface area contributed by atoms with Crippen LogP contribution in [0.2, 0.25) is 0 Å². The van der Waals surface area contributed by atoms with Gasteiger partial charge in [-0.15, -0.1) is 0 Å². The van der Waals surface area contributed by atoms with E-state index in [1.807, 2.05) is 0 Å². The van der Waals surface area contributed by atoms with Crippen LogP contribution in [-0.4, -0.2) is 29.4 Å². The third-order valence-corrected chi connectivity index (χ3v) is 7.04. The van der Waals surface area contributed by atoms with Crippen molar-refractivity contribution in [1.29, 1.82) is 0 Å². The Hall–Kier alpha value is 0.870. The van der Waals surface area contributed by atoms with E-state index in [0.717, 1.165) is 44.9 Å². The minimum absolute atomic E-state index is 0. The summed E-state index contributed by atoms with van der Waals surface area (Å²) in [5.41, 5.74) is 0. The normalized spacial score (nSPS) is 13.8. The summed E-state index contributed by atoms with van der Waals surface area (Å²) in [6, 6.07) is 0. The van der Waals surface area contributed by atoms with Crippen molar-refractivity contribution in [3.63, 3.8) is 0 Å². The minimum Gasteiger partial charge on any atom is -0.748 e. The molecule has 2 unspecified atom stereocenters. The van der Waals surface area contributed by atoms with Crippen LogP contribution in [0.1, 0.15) is 136 Å². The topological polar surface area (TPSA) is 77.4 Å². The predicted molar refractivity (Wildman–Crippen MR) is 119 cm³/mol. The second-order valence-corrected chi connectivity index (χ2v) is 10.2. The van der Waals surface area contributed by atoms with Crippen molar-refractivity contribution in [3.8, 4) is 0 Å². The number of hydrogen-bond acceptors (Lipinski definition) is 4. The average Bonchev–Trinajstić information content (AvgIpc) is 2.64. The van der Waals surface area contributed by atoms with Crippen LogP contribution in [-0.2, 0) is 10.1 Å². The molecule has 0 aromatic rings. The van der Waals surface area contributed by atoms with Gasteiger partial charge in [0.15, 0.2) is 0 Å². The first-order valence-electron chi connectivity index (χ1n) is 12.0. The second-order valence-electron chi connectivity index (χ2n) is 8.52. The van der Waals surface area contributed by atoms with E-state index in [4.69, 9.17) is 0 Å². The van der Waals surface area contributed by atoms with Crippen molar-refractivity contribution < 1.29 is 47.6 Å². The van der Waals surface area contributed by atoms with E-state index >= 15 is 0 Å². The Balaban J connectivity index is 0. The summed E-state index contributed by atoms with van der Waals surface area (Å²) in [6.07, 6.45) is 19.4. The molecule has 170 valence electrons. The smallest absolute Gasteiger partial charge is 0.748 e. The van der Waals surface area contributed by atoms with Gasteiger partial charge < -0.3 is 9.66 Å². The SMILES string of the molecule is CCCCCCCCCCCCCC(O)CCC(CCCCCC)S(=O)(=O)[O-].[Na+]. The molecule has 0 saturated carbocycles. The molecule has 0 bridgehead atoms. The van der Waals surface area contributed by atoms with Gasteiger partial charge in [-0.1, -0.05) is 110 Å². The summed E-state index contributed by atoms with van der Waals surface area (Å²) in [5, 5.41) is 9.30. The van der Waals surface area contributed by atoms with Crippen molar-refractivity contribution in [2.75, 3.05) is 0 Å². The van der Waals surface area contributed by atoms with E-state index in [1.54, 1.807) is 0 Å². The van der Waals surface area contributed by atoms with Crippen LogP contribution < -0.4 is 29.6 Å². The molecule has 0 aliphatic heterocycles. The maximum absolute atomic E-state index is 11.4. The minimum atomic E-state index is -4.25. The second kappa shape index (κ2) is 22.1. The van der Waals surface area contributed by atoms with Gasteiger partial charge in [-0.2, -0.15) is 0 Å². The van der Waals surface area contributed by atoms with Crippen molar-refractivity contribution in [1.82, 2.24) is 0 Å². The third kappa shape index (κ3) is 21.9. The molecular formula is C23H47NaO4S. The molecule has 0 aromatic carbocycles. The zero-order valence-corrected chi connectivity index (χ0v) is 22.5. The predicted octanol–water partition coefficient (Wildman–Crippen LogP) is 3.72. The summed E-state index contributed by atoms with van der Waals surface area (Å²) in [5.74, 6) is 0. The van der Waals surface area contributed by atoms with Gasteiger partial charge in [0, 0.05) is 5.25 Å². The van der Waals surface area contributed by atoms with Crippen LogP contribution in [0, 0.1) is 0 Å². The molecule has 0 aromatic heterocycles. The largest absolute Gasteiger partial charge is 1.00 e. The quantitative estimate of drug-likeness (QED) is 0.167. The maximum atomic E-state index is 11.4. The first kappa shape index (κ1) is 32.1. The molecule has 4 nitrogen and oxygen atoms in total. The first-order valence-corrected chi connectivity index (χ1v) is 13.5. The molecule has 2 atom stereocenters. The fourth-order valence-corrected chi connectivity index (χ4v) is 4.68. The van der Waals surface area contributed by atoms with Gasteiger partial charge >= 0.3 is 29.6 Å². The molecule has 29 heavy (non-hydrogen) atoms. The first-order chi connectivity index (χ1) is 13.4. The molecule has 0 rings (SSSR count). The molecule has 0 fully saturated rings. The van der Waals surface area contributed by atoms with E-state index in [1.165, 1.54) is 57.8 Å². The molecule has 0 aliphatic carbocycles. The number of unbranched alkanes of at least 4 members (excludes halogenated alkanes) is 13. The Morgan fingerprint density at radius 3 is 1.45 bits per heavy atom. The number of rotatable bonds is 21. The van der Waals surface area contributed by atoms with E-state index < -0.39 is 21.5 Å². The summed E-state index contributed by atoms with van der Waals surface area (Å²) in [6.45, 7) is 4.35. The number of aliphatic hydroxyl groups is 1. The molecule has 0 radical (unpaired) electrons. The van der Waals surface area contributed by atoms with Gasteiger partial charge in [0.25, 0.3) is 0 Å². The number of aliphatic hydroxyl groups excluding tert-OH is 1. The molecule has 0 spiro atoms. The Morgan fingerprint density at radius 2 is 1.00 bits per heavy atom. The zero-order valence-electron chi connectivity index (χ0n) is 19.7. The van der Waals surface area contributed by atoms with E-state index in [-0.39, 0.29) is 29.6 Å². The molecule has 0 heterocycles. The summed E-state index contributed by atoms with van der Waals surface area (Å²) in [7, 11) is -4.25. The molecule has 0 saturated heterocycles. The van der Waals surface area contributed by atoms with Gasteiger partial charge in [0.2, 0.25) is 0 Å². The van der Waals surface area contributed by atoms with Gasteiger partial charge in [0.05, 0.1) is 16.2 Å². The van der Waals surface area contributed by atoms with Gasteiger partial charge in [-0.3, -0.25) is 0 Å². The summed E-state index contributed by atoms with van der Waals surface area (Å²) in [4.78, 5) is 0. The van der Waals surface area contributed by atoms with Crippen LogP contribution >= 0.6 is 0 Å². The Labute approximate surface area is 204 Å². The van der Waals surface area contributed by atoms with E-state index in [2.05, 4.69) is 13.8 Å². The van der Waals surface area contributed by atoms with E-state index in [9.17, 15) is 18.1 Å². The Bertz CT molecular complexity index is 429. The van der Waals surface area contributed by atoms with Crippen LogP contribution in [0.15, 0.2) is 0 Å². The summed E-state index contributed by atoms with van der Waals surface area (Å²) < 4.78 is 34.3. The van der Waals surface area contributed by atoms with Crippen LogP contribution in [0.5, 0.6) is 0 Å². The standard InChI is InChI=1S/C23H48O4S.Na/c1-3-5-7-9-10-11-12-13-14-15-16-18-22(24)20-21-23(28(25,26)27)19-17-8-6-4-2;/h22-24H,3-21H2,1-2H3,(H,25,26,27);/q;+1/p-1. The van der Waals surface area contributed by atoms with Crippen molar-refractivity contribution in [3.05, 3.63) is 0 Å². The maximum Gasteiger partial charge on any atom is 1.00 e. The molecule has 1 N–H and O–H groups in total.